The molecule has 0 radical (unpaired) electrons. The maximum Gasteiger partial charge on any atom is 0.331 e. The molecule has 0 saturated heterocycles. The van der Waals surface area contributed by atoms with Crippen LogP contribution in [0.1, 0.15) is 40.2 Å². The number of rotatable bonds is 3. The highest BCUT2D eigenvalue weighted by molar-refractivity contribution is 5.87. The molecule has 2 heterocycles. The minimum absolute atomic E-state index is 0.145. The van der Waals surface area contributed by atoms with E-state index in [1.165, 1.54) is 6.08 Å². The van der Waals surface area contributed by atoms with Gasteiger partial charge in [-0.15, -0.1) is 0 Å². The van der Waals surface area contributed by atoms with Gasteiger partial charge in [-0.05, 0) is 44.4 Å². The van der Waals surface area contributed by atoms with Gasteiger partial charge in [-0.3, -0.25) is 0 Å². The van der Waals surface area contributed by atoms with Crippen LogP contribution in [-0.4, -0.2) is 34.0 Å². The van der Waals surface area contributed by atoms with E-state index in [9.17, 15) is 9.90 Å². The van der Waals surface area contributed by atoms with Crippen molar-refractivity contribution in [1.82, 2.24) is 4.98 Å². The van der Waals surface area contributed by atoms with Crippen molar-refractivity contribution in [3.8, 4) is 5.75 Å². The van der Waals surface area contributed by atoms with Crippen molar-refractivity contribution < 1.29 is 19.4 Å². The van der Waals surface area contributed by atoms with Gasteiger partial charge in [0.1, 0.15) is 11.7 Å². The smallest absolute Gasteiger partial charge is 0.331 e. The van der Waals surface area contributed by atoms with Crippen molar-refractivity contribution in [3.63, 3.8) is 0 Å². The standard InChI is InChI=1S/C17H24N2O4/c1-10(2)14-16(21)19-15-12(22-14)8-11(9-18-15)6-7-13(20)23-17(3,4)5/h6-10,14,16,21H,1-5H3,(H,18,19). The Balaban J connectivity index is 2.12. The van der Waals surface area contributed by atoms with Crippen LogP contribution in [0.3, 0.4) is 0 Å². The van der Waals surface area contributed by atoms with Crippen LogP contribution in [0.15, 0.2) is 18.3 Å². The van der Waals surface area contributed by atoms with E-state index in [0.717, 1.165) is 5.56 Å². The molecule has 6 heteroatoms. The number of carbonyl (C=O) groups is 1. The number of aliphatic hydroxyl groups is 1. The van der Waals surface area contributed by atoms with E-state index in [2.05, 4.69) is 10.3 Å². The van der Waals surface area contributed by atoms with Crippen molar-refractivity contribution >= 4 is 17.9 Å². The number of ether oxygens (including phenoxy) is 2. The monoisotopic (exact) mass is 320 g/mol. The Hall–Kier alpha value is -2.08. The van der Waals surface area contributed by atoms with Crippen LogP contribution in [0.2, 0.25) is 0 Å². The van der Waals surface area contributed by atoms with Gasteiger partial charge in [0.25, 0.3) is 0 Å². The van der Waals surface area contributed by atoms with Gasteiger partial charge in [0.2, 0.25) is 0 Å². The first-order valence-corrected chi connectivity index (χ1v) is 7.68. The van der Waals surface area contributed by atoms with Crippen molar-refractivity contribution in [1.29, 1.82) is 0 Å². The van der Waals surface area contributed by atoms with Crippen LogP contribution in [0.25, 0.3) is 6.08 Å². The molecule has 0 spiro atoms. The molecule has 1 aliphatic heterocycles. The van der Waals surface area contributed by atoms with E-state index in [-0.39, 0.29) is 12.0 Å². The number of aromatic nitrogens is 1. The first-order valence-electron chi connectivity index (χ1n) is 7.68. The molecule has 126 valence electrons. The zero-order valence-corrected chi connectivity index (χ0v) is 14.2. The van der Waals surface area contributed by atoms with E-state index in [0.29, 0.717) is 11.6 Å². The SMILES string of the molecule is CC(C)C1Oc2cc(C=CC(=O)OC(C)(C)C)cnc2NC1O. The first kappa shape index (κ1) is 17.3. The summed E-state index contributed by atoms with van der Waals surface area (Å²) >= 11 is 0. The number of carbonyl (C=O) groups excluding carboxylic acids is 1. The van der Waals surface area contributed by atoms with E-state index in [1.807, 2.05) is 34.6 Å². The second kappa shape index (κ2) is 6.58. The molecule has 1 aromatic rings. The van der Waals surface area contributed by atoms with E-state index in [1.54, 1.807) is 18.3 Å². The molecule has 23 heavy (non-hydrogen) atoms. The fraction of sp³-hybridized carbons (Fsp3) is 0.529. The lowest BCUT2D eigenvalue weighted by molar-refractivity contribution is -0.148. The molecular weight excluding hydrogens is 296 g/mol. The van der Waals surface area contributed by atoms with Crippen LogP contribution < -0.4 is 10.1 Å². The quantitative estimate of drug-likeness (QED) is 0.658. The summed E-state index contributed by atoms with van der Waals surface area (Å²) in [5.74, 6) is 0.778. The van der Waals surface area contributed by atoms with E-state index in [4.69, 9.17) is 9.47 Å². The topological polar surface area (TPSA) is 80.7 Å². The predicted molar refractivity (Wildman–Crippen MR) is 88.0 cm³/mol. The summed E-state index contributed by atoms with van der Waals surface area (Å²) in [6.45, 7) is 9.39. The fourth-order valence-electron chi connectivity index (χ4n) is 2.18. The Morgan fingerprint density at radius 2 is 2.17 bits per heavy atom. The second-order valence-electron chi connectivity index (χ2n) is 6.90. The van der Waals surface area contributed by atoms with Crippen molar-refractivity contribution in [2.24, 2.45) is 5.92 Å². The van der Waals surface area contributed by atoms with Gasteiger partial charge in [-0.1, -0.05) is 13.8 Å². The zero-order valence-electron chi connectivity index (χ0n) is 14.2. The highest BCUT2D eigenvalue weighted by Crippen LogP contribution is 2.32. The van der Waals surface area contributed by atoms with E-state index >= 15 is 0 Å². The summed E-state index contributed by atoms with van der Waals surface area (Å²) in [6.07, 6.45) is 3.44. The van der Waals surface area contributed by atoms with Crippen molar-refractivity contribution in [3.05, 3.63) is 23.9 Å². The van der Waals surface area contributed by atoms with E-state index < -0.39 is 17.8 Å². The van der Waals surface area contributed by atoms with Gasteiger partial charge in [0.15, 0.2) is 17.8 Å². The van der Waals surface area contributed by atoms with Crippen LogP contribution in [0.5, 0.6) is 5.75 Å². The molecule has 0 saturated carbocycles. The molecule has 0 fully saturated rings. The molecule has 2 rings (SSSR count). The number of nitrogens with one attached hydrogen (secondary N) is 1. The number of pyridine rings is 1. The first-order chi connectivity index (χ1) is 10.7. The highest BCUT2D eigenvalue weighted by atomic mass is 16.6. The van der Waals surface area contributed by atoms with Crippen LogP contribution in [0, 0.1) is 5.92 Å². The Morgan fingerprint density at radius 1 is 1.48 bits per heavy atom. The molecule has 1 aliphatic rings. The largest absolute Gasteiger partial charge is 0.482 e. The molecule has 2 unspecified atom stereocenters. The summed E-state index contributed by atoms with van der Waals surface area (Å²) in [4.78, 5) is 15.9. The maximum atomic E-state index is 11.7. The Bertz CT molecular complexity index is 605. The summed E-state index contributed by atoms with van der Waals surface area (Å²) in [5.41, 5.74) is 0.193. The number of esters is 1. The maximum absolute atomic E-state index is 11.7. The third-order valence-electron chi connectivity index (χ3n) is 3.21. The van der Waals surface area contributed by atoms with Gasteiger partial charge in [-0.2, -0.15) is 0 Å². The molecule has 0 bridgehead atoms. The van der Waals surface area contributed by atoms with Gasteiger partial charge in [-0.25, -0.2) is 9.78 Å². The minimum Gasteiger partial charge on any atom is -0.482 e. The number of aliphatic hydroxyl groups excluding tert-OH is 1. The van der Waals surface area contributed by atoms with Crippen molar-refractivity contribution in [2.45, 2.75) is 52.6 Å². The average Bonchev–Trinajstić information content (AvgIpc) is 2.42. The van der Waals surface area contributed by atoms with Gasteiger partial charge in [0.05, 0.1) is 0 Å². The second-order valence-corrected chi connectivity index (χ2v) is 6.90. The number of fused-ring (bicyclic) bond motifs is 1. The molecule has 2 N–H and O–H groups in total. The lowest BCUT2D eigenvalue weighted by Gasteiger charge is -2.33. The van der Waals surface area contributed by atoms with Crippen LogP contribution in [0.4, 0.5) is 5.82 Å². The number of anilines is 1. The van der Waals surface area contributed by atoms with Crippen LogP contribution in [-0.2, 0) is 9.53 Å². The molecule has 0 amide bonds. The third kappa shape index (κ3) is 4.69. The summed E-state index contributed by atoms with van der Waals surface area (Å²) < 4.78 is 11.0. The minimum atomic E-state index is -0.793. The lowest BCUT2D eigenvalue weighted by atomic mass is 10.0. The molecule has 0 aliphatic carbocycles. The summed E-state index contributed by atoms with van der Waals surface area (Å²) in [6, 6.07) is 1.78. The van der Waals surface area contributed by atoms with Gasteiger partial charge in [0, 0.05) is 12.3 Å². The lowest BCUT2D eigenvalue weighted by Crippen LogP contribution is -2.44. The number of hydrogen-bond acceptors (Lipinski definition) is 6. The molecule has 2 atom stereocenters. The number of hydrogen-bond donors (Lipinski definition) is 2. The number of nitrogens with zero attached hydrogens (tertiary/aromatic N) is 1. The predicted octanol–water partition coefficient (Wildman–Crippen LogP) is 2.58. The van der Waals surface area contributed by atoms with Crippen LogP contribution >= 0.6 is 0 Å². The Labute approximate surface area is 136 Å². The van der Waals surface area contributed by atoms with Gasteiger partial charge >= 0.3 is 5.97 Å². The zero-order chi connectivity index (χ0) is 17.2. The van der Waals surface area contributed by atoms with Crippen molar-refractivity contribution in [2.75, 3.05) is 5.32 Å². The normalized spacial score (nSPS) is 20.8. The molecular formula is C17H24N2O4. The Kier molecular flexibility index (Phi) is 4.94. The van der Waals surface area contributed by atoms with Gasteiger partial charge < -0.3 is 19.9 Å². The molecule has 1 aromatic heterocycles. The highest BCUT2D eigenvalue weighted by Gasteiger charge is 2.31. The summed E-state index contributed by atoms with van der Waals surface area (Å²) in [7, 11) is 0. The molecule has 6 nitrogen and oxygen atoms in total. The summed E-state index contributed by atoms with van der Waals surface area (Å²) in [5, 5.41) is 12.9. The molecule has 0 aromatic carbocycles. The third-order valence-corrected chi connectivity index (χ3v) is 3.21. The fourth-order valence-corrected chi connectivity index (χ4v) is 2.18. The average molecular weight is 320 g/mol. The Morgan fingerprint density at radius 3 is 2.78 bits per heavy atom.